The van der Waals surface area contributed by atoms with Crippen molar-refractivity contribution < 1.29 is 15.7 Å². The van der Waals surface area contributed by atoms with Gasteiger partial charge in [-0.05, 0) is 64.5 Å². The fourth-order valence-corrected chi connectivity index (χ4v) is 3.82. The summed E-state index contributed by atoms with van der Waals surface area (Å²) < 4.78 is 12.4. The van der Waals surface area contributed by atoms with Gasteiger partial charge in [-0.1, -0.05) is 40.0 Å². The first-order valence-corrected chi connectivity index (χ1v) is 11.2. The van der Waals surface area contributed by atoms with Gasteiger partial charge in [0.25, 0.3) is 0 Å². The summed E-state index contributed by atoms with van der Waals surface area (Å²) in [7, 11) is 0. The van der Waals surface area contributed by atoms with E-state index in [9.17, 15) is 9.59 Å². The van der Waals surface area contributed by atoms with E-state index in [0.29, 0.717) is 25.3 Å². The highest BCUT2D eigenvalue weighted by molar-refractivity contribution is 5.77. The van der Waals surface area contributed by atoms with Crippen LogP contribution in [0, 0.1) is 17.3 Å². The summed E-state index contributed by atoms with van der Waals surface area (Å²) in [5.74, 6) is 0.0478. The molecule has 0 aliphatic carbocycles. The Labute approximate surface area is 174 Å². The maximum absolute atomic E-state index is 12.8. The van der Waals surface area contributed by atoms with Crippen molar-refractivity contribution in [3.63, 3.8) is 0 Å². The van der Waals surface area contributed by atoms with E-state index in [4.69, 9.17) is 11.9 Å². The second-order valence-electron chi connectivity index (χ2n) is 8.20. The molecule has 6 nitrogen and oxygen atoms in total. The minimum absolute atomic E-state index is 0.128. The van der Waals surface area contributed by atoms with Crippen molar-refractivity contribution in [3.05, 3.63) is 0 Å². The van der Waals surface area contributed by atoms with Crippen molar-refractivity contribution in [3.8, 4) is 0 Å². The lowest BCUT2D eigenvalue weighted by Gasteiger charge is -2.29. The Bertz CT molecular complexity index is 451. The lowest BCUT2D eigenvalue weighted by atomic mass is 9.78. The Kier molecular flexibility index (Phi) is 14.0. The molecule has 6 heteroatoms. The number of hydrogen-bond donors (Lipinski definition) is 3. The van der Waals surface area contributed by atoms with Crippen LogP contribution in [0.2, 0.25) is 1.41 Å². The predicted molar refractivity (Wildman–Crippen MR) is 116 cm³/mol. The van der Waals surface area contributed by atoms with Gasteiger partial charge in [-0.25, -0.2) is 0 Å². The average molecular weight is 401 g/mol. The molecule has 3 unspecified atom stereocenters. The summed E-state index contributed by atoms with van der Waals surface area (Å²) in [6, 6.07) is 0. The van der Waals surface area contributed by atoms with Gasteiger partial charge >= 0.3 is 5.97 Å². The fourth-order valence-electron chi connectivity index (χ4n) is 3.82. The van der Waals surface area contributed by atoms with Crippen LogP contribution in [-0.4, -0.2) is 38.1 Å². The molecule has 166 valence electrons. The molecular weight excluding hydrogens is 354 g/mol. The van der Waals surface area contributed by atoms with Gasteiger partial charge in [0.15, 0.2) is 0 Å². The first-order chi connectivity index (χ1) is 13.8. The van der Waals surface area contributed by atoms with Gasteiger partial charge in [-0.3, -0.25) is 9.59 Å². The van der Waals surface area contributed by atoms with Gasteiger partial charge in [0, 0.05) is 12.5 Å². The maximum Gasteiger partial charge on any atom is 0.311 e. The van der Waals surface area contributed by atoms with Crippen LogP contribution in [-0.2, 0) is 14.3 Å². The van der Waals surface area contributed by atoms with E-state index < -0.39 is 5.41 Å². The first kappa shape index (κ1) is 24.9. The predicted octanol–water partition coefficient (Wildman–Crippen LogP) is 3.37. The molecule has 0 spiro atoms. The number of carbonyl (C=O) groups excluding carboxylic acids is 2. The monoisotopic (exact) mass is 400 g/mol. The molecule has 0 radical (unpaired) electrons. The van der Waals surface area contributed by atoms with Crippen LogP contribution < -0.4 is 16.8 Å². The Hall–Kier alpha value is -1.14. The van der Waals surface area contributed by atoms with Gasteiger partial charge < -0.3 is 21.5 Å². The molecule has 0 aromatic carbocycles. The number of primary amides is 1. The number of nitrogens with one attached hydrogen (secondary N) is 1. The van der Waals surface area contributed by atoms with Crippen molar-refractivity contribution in [2.24, 2.45) is 28.7 Å². The summed E-state index contributed by atoms with van der Waals surface area (Å²) in [6.07, 6.45) is 8.12. The normalized spacial score (nSPS) is 16.1. The van der Waals surface area contributed by atoms with Crippen LogP contribution in [0.15, 0.2) is 0 Å². The molecule has 0 aliphatic heterocycles. The van der Waals surface area contributed by atoms with Crippen LogP contribution in [0.3, 0.4) is 0 Å². The molecule has 0 aromatic heterocycles. The molecule has 0 saturated carbocycles. The quantitative estimate of drug-likeness (QED) is 0.228. The molecule has 0 fully saturated rings. The minimum Gasteiger partial charge on any atom is -0.464 e. The second-order valence-corrected chi connectivity index (χ2v) is 8.20. The molecule has 0 heterocycles. The van der Waals surface area contributed by atoms with Crippen molar-refractivity contribution in [2.75, 3.05) is 26.2 Å². The minimum atomic E-state index is -0.563. The highest BCUT2D eigenvalue weighted by atomic mass is 16.5. The van der Waals surface area contributed by atoms with Gasteiger partial charge in [0.05, 0.1) is 5.41 Å². The van der Waals surface area contributed by atoms with E-state index in [1.165, 1.54) is 12.8 Å². The number of carbonyl (C=O) groups is 2. The lowest BCUT2D eigenvalue weighted by molar-refractivity contribution is -0.155. The van der Waals surface area contributed by atoms with Gasteiger partial charge in [0.2, 0.25) is 5.91 Å². The lowest BCUT2D eigenvalue weighted by Crippen LogP contribution is -2.32. The third-order valence-corrected chi connectivity index (χ3v) is 5.73. The van der Waals surface area contributed by atoms with E-state index in [2.05, 4.69) is 24.9 Å². The molecule has 0 saturated heterocycles. The Morgan fingerprint density at radius 1 is 1.14 bits per heavy atom. The zero-order chi connectivity index (χ0) is 22.1. The Balaban J connectivity index is 4.83. The van der Waals surface area contributed by atoms with E-state index in [1.54, 1.807) is 0 Å². The summed E-state index contributed by atoms with van der Waals surface area (Å²) in [5, 5.41) is 3.44. The number of nitrogens with two attached hydrogens (primary N) is 2. The molecule has 0 bridgehead atoms. The SMILES string of the molecule is [2H]NCCOC(=O)C(C)(CCCC(CCC)CNCC)CCCC(CC)C(N)=O. The molecule has 5 N–H and O–H groups in total. The largest absolute Gasteiger partial charge is 0.464 e. The molecule has 28 heavy (non-hydrogen) atoms. The Morgan fingerprint density at radius 2 is 1.82 bits per heavy atom. The summed E-state index contributed by atoms with van der Waals surface area (Å²) in [5.41, 5.74) is 7.15. The van der Waals surface area contributed by atoms with Crippen LogP contribution in [0.4, 0.5) is 0 Å². The standard InChI is InChI=1S/C22H45N3O3/c1-5-10-18(17-25-7-3)11-8-13-22(4,21(27)28-16-15-23)14-9-12-19(6-2)20(24)26/h18-19,25H,5-17,23H2,1-4H3,(H2,24,26)/i/hD. The second kappa shape index (κ2) is 15.7. The smallest absolute Gasteiger partial charge is 0.311 e. The van der Waals surface area contributed by atoms with E-state index in [-0.39, 0.29) is 24.4 Å². The molecule has 0 aliphatic rings. The highest BCUT2D eigenvalue weighted by Gasteiger charge is 2.34. The zero-order valence-electron chi connectivity index (χ0n) is 19.6. The van der Waals surface area contributed by atoms with Gasteiger partial charge in [-0.15, -0.1) is 0 Å². The van der Waals surface area contributed by atoms with Crippen molar-refractivity contribution in [2.45, 2.75) is 85.5 Å². The summed E-state index contributed by atoms with van der Waals surface area (Å²) >= 11 is 0. The van der Waals surface area contributed by atoms with Crippen LogP contribution in [0.25, 0.3) is 0 Å². The number of ether oxygens (including phenoxy) is 1. The fraction of sp³-hybridized carbons (Fsp3) is 0.909. The molecule has 3 atom stereocenters. The molecular formula is C22H45N3O3. The van der Waals surface area contributed by atoms with Crippen molar-refractivity contribution >= 4 is 11.9 Å². The topological polar surface area (TPSA) is 107 Å². The van der Waals surface area contributed by atoms with Crippen molar-refractivity contribution in [1.82, 2.24) is 5.32 Å². The number of rotatable bonds is 19. The molecule has 0 aromatic rings. The van der Waals surface area contributed by atoms with E-state index in [1.807, 2.05) is 13.8 Å². The number of esters is 1. The maximum atomic E-state index is 12.8. The number of amides is 1. The number of hydrogen-bond acceptors (Lipinski definition) is 5. The van der Waals surface area contributed by atoms with E-state index >= 15 is 0 Å². The van der Waals surface area contributed by atoms with Gasteiger partial charge in [0.1, 0.15) is 8.02 Å². The van der Waals surface area contributed by atoms with Crippen LogP contribution in [0.1, 0.15) is 85.5 Å². The third-order valence-electron chi connectivity index (χ3n) is 5.73. The zero-order valence-corrected chi connectivity index (χ0v) is 18.6. The summed E-state index contributed by atoms with van der Waals surface area (Å²) in [6.45, 7) is 10.8. The first-order valence-electron chi connectivity index (χ1n) is 11.7. The third kappa shape index (κ3) is 11.0. The van der Waals surface area contributed by atoms with Gasteiger partial charge in [-0.2, -0.15) is 0 Å². The average Bonchev–Trinajstić information content (AvgIpc) is 2.69. The van der Waals surface area contributed by atoms with E-state index in [0.717, 1.165) is 45.2 Å². The Morgan fingerprint density at radius 3 is 2.36 bits per heavy atom. The van der Waals surface area contributed by atoms with Crippen LogP contribution >= 0.6 is 0 Å². The van der Waals surface area contributed by atoms with Crippen LogP contribution in [0.5, 0.6) is 0 Å². The van der Waals surface area contributed by atoms with Crippen molar-refractivity contribution in [1.29, 1.82) is 0 Å². The molecule has 0 rings (SSSR count). The summed E-state index contributed by atoms with van der Waals surface area (Å²) in [4.78, 5) is 24.3. The highest BCUT2D eigenvalue weighted by Crippen LogP contribution is 2.34. The molecule has 1 amide bonds.